The molecule has 2 aliphatic rings. The Kier molecular flexibility index (Phi) is 4.57. The fraction of sp³-hybridized carbons (Fsp3) is 0.450. The van der Waals surface area contributed by atoms with E-state index in [4.69, 9.17) is 4.74 Å². The largest absolute Gasteiger partial charge is 0.436 e. The molecule has 2 heterocycles. The Hall–Kier alpha value is -2.50. The second-order valence-electron chi connectivity index (χ2n) is 7.14. The lowest BCUT2D eigenvalue weighted by Gasteiger charge is -2.32. The summed E-state index contributed by atoms with van der Waals surface area (Å²) < 4.78 is 19.5. The molecule has 0 bridgehead atoms. The Morgan fingerprint density at radius 1 is 1.23 bits per heavy atom. The first-order valence-electron chi connectivity index (χ1n) is 9.17. The molecule has 4 rings (SSSR count). The molecule has 5 nitrogen and oxygen atoms in total. The Morgan fingerprint density at radius 2 is 2.04 bits per heavy atom. The molecule has 6 heteroatoms. The van der Waals surface area contributed by atoms with Crippen LogP contribution >= 0.6 is 0 Å². The number of amides is 1. The van der Waals surface area contributed by atoms with Gasteiger partial charge in [0.1, 0.15) is 5.82 Å². The molecule has 0 N–H and O–H groups in total. The van der Waals surface area contributed by atoms with E-state index in [0.717, 1.165) is 37.9 Å². The number of benzene rings is 1. The maximum atomic E-state index is 13.8. The van der Waals surface area contributed by atoms with Crippen molar-refractivity contribution in [2.75, 3.05) is 13.1 Å². The van der Waals surface area contributed by atoms with Crippen molar-refractivity contribution in [3.8, 4) is 11.6 Å². The average Bonchev–Trinajstić information content (AvgIpc) is 3.48. The van der Waals surface area contributed by atoms with Crippen molar-refractivity contribution in [3.05, 3.63) is 47.7 Å². The number of halogens is 1. The van der Waals surface area contributed by atoms with Crippen LogP contribution in [0.1, 0.15) is 43.1 Å². The van der Waals surface area contributed by atoms with E-state index in [1.807, 2.05) is 11.8 Å². The van der Waals surface area contributed by atoms with E-state index in [1.165, 1.54) is 6.07 Å². The molecule has 1 aliphatic carbocycles. The summed E-state index contributed by atoms with van der Waals surface area (Å²) in [5.41, 5.74) is 0.770. The first kappa shape index (κ1) is 16.9. The number of hydrogen-bond donors (Lipinski definition) is 0. The molecular weight excluding hydrogens is 333 g/mol. The van der Waals surface area contributed by atoms with Crippen molar-refractivity contribution in [1.29, 1.82) is 0 Å². The molecule has 1 amide bonds. The van der Waals surface area contributed by atoms with Crippen LogP contribution in [0.4, 0.5) is 4.39 Å². The van der Waals surface area contributed by atoms with Crippen molar-refractivity contribution in [2.24, 2.45) is 5.92 Å². The number of carbonyl (C=O) groups is 1. The lowest BCUT2D eigenvalue weighted by molar-refractivity contribution is -0.133. The van der Waals surface area contributed by atoms with E-state index in [0.29, 0.717) is 18.2 Å². The van der Waals surface area contributed by atoms with Gasteiger partial charge in [-0.1, -0.05) is 12.1 Å². The second-order valence-corrected chi connectivity index (χ2v) is 7.14. The minimum atomic E-state index is -0.427. The third kappa shape index (κ3) is 3.69. The molecule has 1 aliphatic heterocycles. The highest BCUT2D eigenvalue weighted by Gasteiger charge is 2.36. The molecule has 2 fully saturated rings. The maximum absolute atomic E-state index is 13.8. The van der Waals surface area contributed by atoms with E-state index in [-0.39, 0.29) is 23.5 Å². The summed E-state index contributed by atoms with van der Waals surface area (Å²) in [7, 11) is 0. The van der Waals surface area contributed by atoms with Gasteiger partial charge in [-0.25, -0.2) is 9.37 Å². The van der Waals surface area contributed by atoms with Crippen LogP contribution in [0.3, 0.4) is 0 Å². The minimum Gasteiger partial charge on any atom is -0.436 e. The number of ether oxygens (including phenoxy) is 1. The van der Waals surface area contributed by atoms with Gasteiger partial charge in [-0.05, 0) is 44.7 Å². The Balaban J connectivity index is 1.53. The molecule has 0 spiro atoms. The summed E-state index contributed by atoms with van der Waals surface area (Å²) in [6.07, 6.45) is 3.92. The summed E-state index contributed by atoms with van der Waals surface area (Å²) in [5.74, 6) is 1.31. The SMILES string of the molecule is Cc1cc(Oc2ccccc2F)nc([C@H]2CCCN(C(=O)C3CC3)C2)n1. The maximum Gasteiger partial charge on any atom is 0.225 e. The highest BCUT2D eigenvalue weighted by atomic mass is 19.1. The Labute approximate surface area is 152 Å². The molecular formula is C20H22FN3O2. The summed E-state index contributed by atoms with van der Waals surface area (Å²) in [4.78, 5) is 23.4. The Morgan fingerprint density at radius 3 is 2.81 bits per heavy atom. The molecule has 1 saturated carbocycles. The van der Waals surface area contributed by atoms with Crippen molar-refractivity contribution >= 4 is 5.91 Å². The second kappa shape index (κ2) is 7.02. The first-order chi connectivity index (χ1) is 12.6. The van der Waals surface area contributed by atoms with Gasteiger partial charge < -0.3 is 9.64 Å². The van der Waals surface area contributed by atoms with Gasteiger partial charge in [-0.3, -0.25) is 4.79 Å². The zero-order valence-corrected chi connectivity index (χ0v) is 14.8. The average molecular weight is 355 g/mol. The fourth-order valence-electron chi connectivity index (χ4n) is 3.41. The van der Waals surface area contributed by atoms with Crippen LogP contribution in [0.25, 0.3) is 0 Å². The normalized spacial score (nSPS) is 20.1. The van der Waals surface area contributed by atoms with E-state index in [1.54, 1.807) is 24.3 Å². The standard InChI is InChI=1S/C20H22FN3O2/c1-13-11-18(26-17-7-3-2-6-16(17)21)23-19(22-13)15-5-4-10-24(12-15)20(25)14-8-9-14/h2-3,6-7,11,14-15H,4-5,8-10,12H2,1H3/t15-/m0/s1. The predicted octanol–water partition coefficient (Wildman–Crippen LogP) is 3.83. The highest BCUT2D eigenvalue weighted by Crippen LogP contribution is 2.34. The smallest absolute Gasteiger partial charge is 0.225 e. The number of carbonyl (C=O) groups excluding carboxylic acids is 1. The van der Waals surface area contributed by atoms with E-state index >= 15 is 0 Å². The third-order valence-corrected chi connectivity index (χ3v) is 4.92. The van der Waals surface area contributed by atoms with Gasteiger partial charge in [0.15, 0.2) is 11.6 Å². The zero-order valence-electron chi connectivity index (χ0n) is 14.8. The van der Waals surface area contributed by atoms with Crippen molar-refractivity contribution in [1.82, 2.24) is 14.9 Å². The zero-order chi connectivity index (χ0) is 18.1. The monoisotopic (exact) mass is 355 g/mol. The van der Waals surface area contributed by atoms with Crippen LogP contribution in [0, 0.1) is 18.7 Å². The van der Waals surface area contributed by atoms with Gasteiger partial charge >= 0.3 is 0 Å². The first-order valence-corrected chi connectivity index (χ1v) is 9.17. The molecule has 1 aromatic heterocycles. The van der Waals surface area contributed by atoms with Gasteiger partial charge in [0, 0.05) is 36.7 Å². The van der Waals surface area contributed by atoms with Crippen molar-refractivity contribution < 1.29 is 13.9 Å². The van der Waals surface area contributed by atoms with Crippen LogP contribution in [-0.2, 0) is 4.79 Å². The minimum absolute atomic E-state index is 0.0920. The molecule has 1 aromatic carbocycles. The van der Waals surface area contributed by atoms with Crippen LogP contribution < -0.4 is 4.74 Å². The number of aromatic nitrogens is 2. The quantitative estimate of drug-likeness (QED) is 0.836. The van der Waals surface area contributed by atoms with Crippen LogP contribution in [-0.4, -0.2) is 33.9 Å². The fourth-order valence-corrected chi connectivity index (χ4v) is 3.41. The highest BCUT2D eigenvalue weighted by molar-refractivity contribution is 5.81. The van der Waals surface area contributed by atoms with Crippen LogP contribution in [0.2, 0.25) is 0 Å². The van der Waals surface area contributed by atoms with Crippen LogP contribution in [0.15, 0.2) is 30.3 Å². The number of aryl methyl sites for hydroxylation is 1. The van der Waals surface area contributed by atoms with Gasteiger partial charge in [0.2, 0.25) is 11.8 Å². The summed E-state index contributed by atoms with van der Waals surface area (Å²) in [6.45, 7) is 3.34. The summed E-state index contributed by atoms with van der Waals surface area (Å²) in [6, 6.07) is 7.96. The number of para-hydroxylation sites is 1. The van der Waals surface area contributed by atoms with Gasteiger partial charge in [0.05, 0.1) is 0 Å². The Bertz CT molecular complexity index is 822. The predicted molar refractivity (Wildman–Crippen MR) is 94.5 cm³/mol. The van der Waals surface area contributed by atoms with E-state index in [9.17, 15) is 9.18 Å². The number of piperidine rings is 1. The van der Waals surface area contributed by atoms with Crippen molar-refractivity contribution in [2.45, 2.75) is 38.5 Å². The van der Waals surface area contributed by atoms with E-state index < -0.39 is 5.82 Å². The lowest BCUT2D eigenvalue weighted by atomic mass is 9.96. The lowest BCUT2D eigenvalue weighted by Crippen LogP contribution is -2.40. The van der Waals surface area contributed by atoms with Crippen molar-refractivity contribution in [3.63, 3.8) is 0 Å². The molecule has 26 heavy (non-hydrogen) atoms. The third-order valence-electron chi connectivity index (χ3n) is 4.92. The number of nitrogens with zero attached hydrogens (tertiary/aromatic N) is 3. The molecule has 136 valence electrons. The summed E-state index contributed by atoms with van der Waals surface area (Å²) >= 11 is 0. The van der Waals surface area contributed by atoms with E-state index in [2.05, 4.69) is 9.97 Å². The van der Waals surface area contributed by atoms with Gasteiger partial charge in [0.25, 0.3) is 0 Å². The number of hydrogen-bond acceptors (Lipinski definition) is 4. The molecule has 2 aromatic rings. The van der Waals surface area contributed by atoms with Gasteiger partial charge in [-0.2, -0.15) is 4.98 Å². The number of rotatable bonds is 4. The number of likely N-dealkylation sites (tertiary alicyclic amines) is 1. The summed E-state index contributed by atoms with van der Waals surface area (Å²) in [5, 5.41) is 0. The van der Waals surface area contributed by atoms with Gasteiger partial charge in [-0.15, -0.1) is 0 Å². The van der Waals surface area contributed by atoms with Crippen LogP contribution in [0.5, 0.6) is 11.6 Å². The molecule has 0 radical (unpaired) electrons. The molecule has 0 unspecified atom stereocenters. The molecule has 1 saturated heterocycles. The topological polar surface area (TPSA) is 55.3 Å². The molecule has 1 atom stereocenters.